The van der Waals surface area contributed by atoms with E-state index >= 15 is 0 Å². The average molecular weight is 401 g/mol. The highest BCUT2D eigenvalue weighted by molar-refractivity contribution is 5.92. The van der Waals surface area contributed by atoms with Crippen LogP contribution in [0.5, 0.6) is 0 Å². The van der Waals surface area contributed by atoms with Crippen LogP contribution in [0, 0.1) is 12.3 Å². The van der Waals surface area contributed by atoms with Gasteiger partial charge in [0.2, 0.25) is 0 Å². The molecule has 158 valence electrons. The van der Waals surface area contributed by atoms with Crippen LogP contribution in [-0.4, -0.2) is 41.0 Å². The summed E-state index contributed by atoms with van der Waals surface area (Å²) >= 11 is 0. The van der Waals surface area contributed by atoms with Crippen LogP contribution in [-0.2, 0) is 4.74 Å². The van der Waals surface area contributed by atoms with Crippen LogP contribution in [0.25, 0.3) is 0 Å². The van der Waals surface area contributed by atoms with Crippen molar-refractivity contribution < 1.29 is 12.4 Å². The van der Waals surface area contributed by atoms with Crippen LogP contribution in [0.4, 0.5) is 22.0 Å². The van der Waals surface area contributed by atoms with Gasteiger partial charge in [0.25, 0.3) is 0 Å². The van der Waals surface area contributed by atoms with Gasteiger partial charge < -0.3 is 20.8 Å². The van der Waals surface area contributed by atoms with E-state index in [4.69, 9.17) is 10.1 Å². The Hall–Kier alpha value is -3.00. The molecule has 0 aliphatic heterocycles. The summed E-state index contributed by atoms with van der Waals surface area (Å²) in [5, 5.41) is 16.7. The van der Waals surface area contributed by atoms with Gasteiger partial charge in [0.15, 0.2) is 0 Å². The summed E-state index contributed by atoms with van der Waals surface area (Å²) in [5.74, 6) is 0.390. The fourth-order valence-electron chi connectivity index (χ4n) is 3.54. The first-order valence-electron chi connectivity index (χ1n) is 9.98. The summed E-state index contributed by atoms with van der Waals surface area (Å²) in [4.78, 5) is 20.9. The summed E-state index contributed by atoms with van der Waals surface area (Å²) in [7, 11) is 0. The number of carbonyl (C=O) groups excluding carboxylic acids is 1. The molecule has 1 aliphatic rings. The van der Waals surface area contributed by atoms with Gasteiger partial charge in [0, 0.05) is 38.8 Å². The Morgan fingerprint density at radius 1 is 1.34 bits per heavy atom. The highest BCUT2D eigenvalue weighted by atomic mass is 16.5. The fourth-order valence-corrected chi connectivity index (χ4v) is 3.54. The number of aromatic nitrogens is 2. The smallest absolute Gasteiger partial charge is 0.320 e. The minimum Gasteiger partial charge on any atom is -0.376 e. The molecule has 4 N–H and O–H groups in total. The summed E-state index contributed by atoms with van der Waals surface area (Å²) in [5.41, 5.74) is 3.05. The second-order valence-corrected chi connectivity index (χ2v) is 7.10. The van der Waals surface area contributed by atoms with Crippen molar-refractivity contribution in [3.8, 4) is 0 Å². The van der Waals surface area contributed by atoms with Crippen molar-refractivity contribution in [1.82, 2.24) is 15.3 Å². The average Bonchev–Trinajstić information content (AvgIpc) is 2.71. The van der Waals surface area contributed by atoms with Crippen LogP contribution in [0.3, 0.4) is 0 Å². The van der Waals surface area contributed by atoms with E-state index in [2.05, 4.69) is 25.9 Å². The number of anilines is 3. The number of pyridine rings is 2. The Kier molecular flexibility index (Phi) is 7.13. The minimum atomic E-state index is -0.310. The van der Waals surface area contributed by atoms with Crippen LogP contribution in [0.2, 0.25) is 0 Å². The van der Waals surface area contributed by atoms with Crippen molar-refractivity contribution in [2.24, 2.45) is 0 Å². The van der Waals surface area contributed by atoms with Gasteiger partial charge in [-0.05, 0) is 44.9 Å². The van der Waals surface area contributed by atoms with Crippen LogP contribution >= 0.6 is 0 Å². The van der Waals surface area contributed by atoms with Crippen molar-refractivity contribution in [2.45, 2.75) is 51.7 Å². The summed E-state index contributed by atoms with van der Waals surface area (Å²) < 4.78 is 5.76. The van der Waals surface area contributed by atoms with Gasteiger partial charge in [0.05, 0.1) is 24.0 Å². The Labute approximate surface area is 174 Å². The lowest BCUT2D eigenvalue weighted by Gasteiger charge is -2.31. The number of hydrogen-bond donors (Lipinski definition) is 4. The fraction of sp³-hybridized carbons (Fsp3) is 0.429. The Morgan fingerprint density at radius 2 is 2.17 bits per heavy atom. The first-order chi connectivity index (χ1) is 14.1. The Balaban J connectivity index is 0.00000240. The summed E-state index contributed by atoms with van der Waals surface area (Å²) in [6, 6.07) is 5.12. The number of ether oxygens (including phenoxy) is 1. The van der Waals surface area contributed by atoms with Crippen LogP contribution in [0.1, 0.15) is 46.7 Å². The van der Waals surface area contributed by atoms with Gasteiger partial charge in [-0.15, -0.1) is 0 Å². The topological polar surface area (TPSA) is 112 Å². The molecule has 2 heterocycles. The normalized spacial score (nSPS) is 18.7. The molecule has 3 rings (SSSR count). The lowest BCUT2D eigenvalue weighted by atomic mass is 9.92. The number of rotatable bonds is 7. The van der Waals surface area contributed by atoms with Crippen molar-refractivity contribution in [3.63, 3.8) is 0 Å². The number of carbonyl (C=O) groups is 1. The monoisotopic (exact) mass is 400 g/mol. The molecule has 1 fully saturated rings. The first-order valence-corrected chi connectivity index (χ1v) is 9.98. The van der Waals surface area contributed by atoms with E-state index in [1.165, 1.54) is 6.21 Å². The molecule has 2 amide bonds. The molecule has 2 atom stereocenters. The van der Waals surface area contributed by atoms with Gasteiger partial charge in [-0.3, -0.25) is 10.3 Å². The molecular formula is C21H32N6O2. The molecule has 1 saturated carbocycles. The molecule has 29 heavy (non-hydrogen) atoms. The molecule has 0 radical (unpaired) electrons. The number of nitrogens with one attached hydrogen (secondary N) is 4. The SMILES string of the molecule is CCO[C@H]1CCCC[C@@H]1NC(=O)Nc1cc(C=N)c(Nc2ccnc(C)c2)cn1.[HH].[HH]. The molecule has 0 spiro atoms. The number of urea groups is 1. The number of aryl methyl sites for hydroxylation is 1. The predicted molar refractivity (Wildman–Crippen MR) is 118 cm³/mol. The standard InChI is InChI=1S/C21H28N6O2.2H2/c1-3-29-19-7-5-4-6-17(19)26-21(28)27-20-11-15(12-22)18(13-24-20)25-16-8-9-23-14(2)10-16;;/h8-13,17,19,22H,3-7H2,1-2H3,(H,23,25)(H2,24,26,27,28);2*1H/t17-,19-;;/m0../s1. The number of nitrogens with zero attached hydrogens (tertiary/aromatic N) is 2. The second kappa shape index (κ2) is 9.97. The van der Waals surface area contributed by atoms with E-state index in [0.717, 1.165) is 37.1 Å². The third-order valence-corrected chi connectivity index (χ3v) is 4.91. The van der Waals surface area contributed by atoms with E-state index < -0.39 is 0 Å². The number of hydrogen-bond acceptors (Lipinski definition) is 6. The van der Waals surface area contributed by atoms with Crippen molar-refractivity contribution in [2.75, 3.05) is 17.2 Å². The van der Waals surface area contributed by atoms with E-state index in [1.54, 1.807) is 18.5 Å². The molecule has 0 bridgehead atoms. The van der Waals surface area contributed by atoms with Crippen LogP contribution < -0.4 is 16.0 Å². The zero-order valence-electron chi connectivity index (χ0n) is 16.9. The predicted octanol–water partition coefficient (Wildman–Crippen LogP) is 4.49. The molecule has 2 aromatic rings. The van der Waals surface area contributed by atoms with Crippen LogP contribution in [0.15, 0.2) is 30.6 Å². The molecule has 8 heteroatoms. The van der Waals surface area contributed by atoms with E-state index in [9.17, 15) is 4.79 Å². The zero-order valence-corrected chi connectivity index (χ0v) is 16.9. The molecule has 0 unspecified atom stereocenters. The van der Waals surface area contributed by atoms with Gasteiger partial charge in [-0.25, -0.2) is 9.78 Å². The maximum absolute atomic E-state index is 12.4. The molecule has 2 aromatic heterocycles. The number of amides is 2. The van der Waals surface area contributed by atoms with E-state index in [-0.39, 0.29) is 21.0 Å². The minimum absolute atomic E-state index is 0. The molecule has 1 aliphatic carbocycles. The van der Waals surface area contributed by atoms with Gasteiger partial charge in [-0.1, -0.05) is 12.8 Å². The van der Waals surface area contributed by atoms with Gasteiger partial charge >= 0.3 is 6.03 Å². The molecular weight excluding hydrogens is 368 g/mol. The van der Waals surface area contributed by atoms with E-state index in [1.807, 2.05) is 26.0 Å². The van der Waals surface area contributed by atoms with Gasteiger partial charge in [-0.2, -0.15) is 0 Å². The quantitative estimate of drug-likeness (QED) is 0.512. The van der Waals surface area contributed by atoms with E-state index in [0.29, 0.717) is 23.7 Å². The van der Waals surface area contributed by atoms with Crippen molar-refractivity contribution in [1.29, 1.82) is 5.41 Å². The largest absolute Gasteiger partial charge is 0.376 e. The summed E-state index contributed by atoms with van der Waals surface area (Å²) in [6.45, 7) is 4.52. The molecule has 8 nitrogen and oxygen atoms in total. The maximum atomic E-state index is 12.4. The van der Waals surface area contributed by atoms with Gasteiger partial charge in [0.1, 0.15) is 5.82 Å². The molecule has 0 aromatic carbocycles. The first kappa shape index (κ1) is 20.7. The Morgan fingerprint density at radius 3 is 2.93 bits per heavy atom. The lowest BCUT2D eigenvalue weighted by Crippen LogP contribution is -2.47. The lowest BCUT2D eigenvalue weighted by molar-refractivity contribution is 0.0158. The highest BCUT2D eigenvalue weighted by Crippen LogP contribution is 2.23. The Bertz CT molecular complexity index is 866. The maximum Gasteiger partial charge on any atom is 0.320 e. The highest BCUT2D eigenvalue weighted by Gasteiger charge is 2.26. The van der Waals surface area contributed by atoms with Crippen molar-refractivity contribution in [3.05, 3.63) is 41.9 Å². The molecule has 0 saturated heterocycles. The zero-order chi connectivity index (χ0) is 20.6. The van der Waals surface area contributed by atoms with Crippen molar-refractivity contribution >= 4 is 29.4 Å². The second-order valence-electron chi connectivity index (χ2n) is 7.10. The third-order valence-electron chi connectivity index (χ3n) is 4.91. The third kappa shape index (κ3) is 5.74. The summed E-state index contributed by atoms with van der Waals surface area (Å²) in [6.07, 6.45) is 8.69.